The van der Waals surface area contributed by atoms with Crippen LogP contribution < -0.4 is 11.1 Å². The standard InChI is InChI=1S/C13H22N4O2/c1-4-9-11(14)12(17(3)16-9)13(18)15-8(2)10-6-5-7-19-10/h8,10H,4-7,14H2,1-3H3,(H,15,18). The minimum atomic E-state index is -0.185. The van der Waals surface area contributed by atoms with Crippen LogP contribution in [0.15, 0.2) is 0 Å². The van der Waals surface area contributed by atoms with E-state index in [1.54, 1.807) is 11.7 Å². The fourth-order valence-electron chi connectivity index (χ4n) is 2.49. The predicted octanol–water partition coefficient (Wildman–Crippen LogP) is 0.862. The van der Waals surface area contributed by atoms with Crippen LogP contribution in [0.4, 0.5) is 5.69 Å². The molecule has 0 saturated carbocycles. The van der Waals surface area contributed by atoms with Gasteiger partial charge in [0.15, 0.2) is 0 Å². The van der Waals surface area contributed by atoms with Crippen LogP contribution in [0.3, 0.4) is 0 Å². The van der Waals surface area contributed by atoms with Gasteiger partial charge in [0.2, 0.25) is 0 Å². The van der Waals surface area contributed by atoms with Gasteiger partial charge in [-0.2, -0.15) is 5.10 Å². The first-order valence-corrected chi connectivity index (χ1v) is 6.78. The van der Waals surface area contributed by atoms with Gasteiger partial charge in [0, 0.05) is 13.7 Å². The Balaban J connectivity index is 2.09. The normalized spacial score (nSPS) is 20.5. The highest BCUT2D eigenvalue weighted by atomic mass is 16.5. The summed E-state index contributed by atoms with van der Waals surface area (Å²) in [6, 6.07) is -0.0191. The van der Waals surface area contributed by atoms with E-state index < -0.39 is 0 Å². The molecule has 3 N–H and O–H groups in total. The molecule has 0 aromatic carbocycles. The number of nitrogens with zero attached hydrogens (tertiary/aromatic N) is 2. The SMILES string of the molecule is CCc1nn(C)c(C(=O)NC(C)C2CCCO2)c1N. The second-order valence-corrected chi connectivity index (χ2v) is 5.00. The molecule has 0 aliphatic carbocycles. The van der Waals surface area contributed by atoms with E-state index in [0.717, 1.165) is 25.1 Å². The zero-order valence-electron chi connectivity index (χ0n) is 11.8. The van der Waals surface area contributed by atoms with Gasteiger partial charge in [-0.15, -0.1) is 0 Å². The first kappa shape index (κ1) is 13.9. The van der Waals surface area contributed by atoms with Gasteiger partial charge in [-0.1, -0.05) is 6.92 Å². The number of hydrogen-bond acceptors (Lipinski definition) is 4. The Morgan fingerprint density at radius 3 is 2.95 bits per heavy atom. The van der Waals surface area contributed by atoms with Gasteiger partial charge in [0.25, 0.3) is 5.91 Å². The summed E-state index contributed by atoms with van der Waals surface area (Å²) in [6.07, 6.45) is 2.86. The highest BCUT2D eigenvalue weighted by Crippen LogP contribution is 2.19. The Bertz CT molecular complexity index is 463. The third-order valence-electron chi connectivity index (χ3n) is 3.59. The number of carbonyl (C=O) groups is 1. The van der Waals surface area contributed by atoms with Gasteiger partial charge in [-0.3, -0.25) is 9.48 Å². The van der Waals surface area contributed by atoms with Crippen molar-refractivity contribution in [1.82, 2.24) is 15.1 Å². The van der Waals surface area contributed by atoms with Gasteiger partial charge in [-0.25, -0.2) is 0 Å². The van der Waals surface area contributed by atoms with Crippen molar-refractivity contribution in [2.45, 2.75) is 45.3 Å². The molecular weight excluding hydrogens is 244 g/mol. The zero-order chi connectivity index (χ0) is 14.0. The molecule has 0 radical (unpaired) electrons. The maximum absolute atomic E-state index is 12.3. The summed E-state index contributed by atoms with van der Waals surface area (Å²) in [5.74, 6) is -0.185. The summed E-state index contributed by atoms with van der Waals surface area (Å²) in [5.41, 5.74) is 7.64. The smallest absolute Gasteiger partial charge is 0.271 e. The van der Waals surface area contributed by atoms with Crippen LogP contribution in [-0.2, 0) is 18.2 Å². The number of rotatable bonds is 4. The topological polar surface area (TPSA) is 82.2 Å². The number of nitrogens with two attached hydrogens (primary N) is 1. The zero-order valence-corrected chi connectivity index (χ0v) is 11.8. The molecule has 1 saturated heterocycles. The lowest BCUT2D eigenvalue weighted by Crippen LogP contribution is -2.41. The molecule has 1 aliphatic heterocycles. The molecule has 19 heavy (non-hydrogen) atoms. The van der Waals surface area contributed by atoms with Crippen LogP contribution >= 0.6 is 0 Å². The molecule has 1 amide bonds. The van der Waals surface area contributed by atoms with E-state index in [1.807, 2.05) is 13.8 Å². The number of carbonyl (C=O) groups excluding carboxylic acids is 1. The number of nitrogen functional groups attached to an aromatic ring is 1. The summed E-state index contributed by atoms with van der Waals surface area (Å²) in [4.78, 5) is 12.3. The number of anilines is 1. The van der Waals surface area contributed by atoms with Crippen molar-refractivity contribution < 1.29 is 9.53 Å². The number of amides is 1. The van der Waals surface area contributed by atoms with E-state index in [0.29, 0.717) is 17.8 Å². The van der Waals surface area contributed by atoms with Gasteiger partial charge in [0.05, 0.1) is 23.5 Å². The molecule has 0 bridgehead atoms. The van der Waals surface area contributed by atoms with Gasteiger partial charge < -0.3 is 15.8 Å². The van der Waals surface area contributed by atoms with Crippen molar-refractivity contribution in [3.05, 3.63) is 11.4 Å². The lowest BCUT2D eigenvalue weighted by Gasteiger charge is -2.20. The lowest BCUT2D eigenvalue weighted by atomic mass is 10.1. The molecule has 6 heteroatoms. The highest BCUT2D eigenvalue weighted by Gasteiger charge is 2.26. The van der Waals surface area contributed by atoms with E-state index in [4.69, 9.17) is 10.5 Å². The van der Waals surface area contributed by atoms with Crippen molar-refractivity contribution in [2.75, 3.05) is 12.3 Å². The van der Waals surface area contributed by atoms with Crippen LogP contribution in [0, 0.1) is 0 Å². The molecule has 2 heterocycles. The molecule has 1 fully saturated rings. The van der Waals surface area contributed by atoms with Crippen LogP contribution in [0.5, 0.6) is 0 Å². The van der Waals surface area contributed by atoms with E-state index in [1.165, 1.54) is 0 Å². The quantitative estimate of drug-likeness (QED) is 0.847. The Hall–Kier alpha value is -1.56. The Morgan fingerprint density at radius 1 is 1.68 bits per heavy atom. The molecule has 2 rings (SSSR count). The summed E-state index contributed by atoms with van der Waals surface area (Å²) >= 11 is 0. The minimum Gasteiger partial charge on any atom is -0.395 e. The van der Waals surface area contributed by atoms with Crippen molar-refractivity contribution >= 4 is 11.6 Å². The molecule has 2 unspecified atom stereocenters. The fraction of sp³-hybridized carbons (Fsp3) is 0.692. The van der Waals surface area contributed by atoms with Crippen LogP contribution in [-0.4, -0.2) is 34.4 Å². The molecule has 1 aliphatic rings. The Morgan fingerprint density at radius 2 is 2.42 bits per heavy atom. The minimum absolute atomic E-state index is 0.0191. The molecule has 6 nitrogen and oxygen atoms in total. The largest absolute Gasteiger partial charge is 0.395 e. The third-order valence-corrected chi connectivity index (χ3v) is 3.59. The van der Waals surface area contributed by atoms with Crippen LogP contribution in [0.1, 0.15) is 42.9 Å². The van der Waals surface area contributed by atoms with Gasteiger partial charge in [0.1, 0.15) is 5.69 Å². The molecule has 106 valence electrons. The maximum Gasteiger partial charge on any atom is 0.271 e. The number of aryl methyl sites for hydroxylation is 2. The molecule has 2 atom stereocenters. The summed E-state index contributed by atoms with van der Waals surface area (Å²) in [5, 5.41) is 7.21. The van der Waals surface area contributed by atoms with Crippen molar-refractivity contribution in [1.29, 1.82) is 0 Å². The van der Waals surface area contributed by atoms with Crippen LogP contribution in [0.2, 0.25) is 0 Å². The molecule has 1 aromatic rings. The highest BCUT2D eigenvalue weighted by molar-refractivity contribution is 5.98. The van der Waals surface area contributed by atoms with Crippen molar-refractivity contribution in [2.24, 2.45) is 7.05 Å². The predicted molar refractivity (Wildman–Crippen MR) is 72.9 cm³/mol. The van der Waals surface area contributed by atoms with Crippen LogP contribution in [0.25, 0.3) is 0 Å². The van der Waals surface area contributed by atoms with Crippen molar-refractivity contribution in [3.8, 4) is 0 Å². The summed E-state index contributed by atoms with van der Waals surface area (Å²) in [6.45, 7) is 4.70. The Labute approximate surface area is 113 Å². The van der Waals surface area contributed by atoms with Crippen molar-refractivity contribution in [3.63, 3.8) is 0 Å². The van der Waals surface area contributed by atoms with E-state index in [-0.39, 0.29) is 18.1 Å². The van der Waals surface area contributed by atoms with Gasteiger partial charge >= 0.3 is 0 Å². The maximum atomic E-state index is 12.3. The first-order valence-electron chi connectivity index (χ1n) is 6.78. The first-order chi connectivity index (χ1) is 9.04. The summed E-state index contributed by atoms with van der Waals surface area (Å²) in [7, 11) is 1.74. The van der Waals surface area contributed by atoms with E-state index >= 15 is 0 Å². The molecule has 1 aromatic heterocycles. The Kier molecular flexibility index (Phi) is 4.09. The number of ether oxygens (including phenoxy) is 1. The molecule has 0 spiro atoms. The van der Waals surface area contributed by atoms with E-state index in [2.05, 4.69) is 10.4 Å². The second-order valence-electron chi connectivity index (χ2n) is 5.00. The average molecular weight is 266 g/mol. The average Bonchev–Trinajstić information content (AvgIpc) is 2.97. The van der Waals surface area contributed by atoms with Gasteiger partial charge in [-0.05, 0) is 26.2 Å². The second kappa shape index (κ2) is 5.61. The number of hydrogen-bond donors (Lipinski definition) is 2. The molecular formula is C13H22N4O2. The monoisotopic (exact) mass is 266 g/mol. The number of nitrogens with one attached hydrogen (secondary N) is 1. The third kappa shape index (κ3) is 2.73. The van der Waals surface area contributed by atoms with E-state index in [9.17, 15) is 4.79 Å². The summed E-state index contributed by atoms with van der Waals surface area (Å²) < 4.78 is 7.12. The number of aromatic nitrogens is 2. The fourth-order valence-corrected chi connectivity index (χ4v) is 2.49. The lowest BCUT2D eigenvalue weighted by molar-refractivity contribution is 0.0707.